The van der Waals surface area contributed by atoms with E-state index in [2.05, 4.69) is 24.4 Å². The summed E-state index contributed by atoms with van der Waals surface area (Å²) in [5.41, 5.74) is 3.47. The highest BCUT2D eigenvalue weighted by molar-refractivity contribution is 5.94. The Morgan fingerprint density at radius 1 is 1.37 bits per heavy atom. The molecule has 3 rings (SSSR count). The maximum Gasteiger partial charge on any atom is 0.253 e. The largest absolute Gasteiger partial charge is 0.338 e. The van der Waals surface area contributed by atoms with E-state index in [1.54, 1.807) is 0 Å². The summed E-state index contributed by atoms with van der Waals surface area (Å²) >= 11 is 0. The number of nitrogens with zero attached hydrogens (tertiary/aromatic N) is 1. The summed E-state index contributed by atoms with van der Waals surface area (Å²) in [6, 6.07) is 6.14. The van der Waals surface area contributed by atoms with Gasteiger partial charge in [0.2, 0.25) is 0 Å². The van der Waals surface area contributed by atoms with Crippen molar-refractivity contribution in [2.45, 2.75) is 32.9 Å². The van der Waals surface area contributed by atoms with Gasteiger partial charge < -0.3 is 10.2 Å². The molecule has 1 N–H and O–H groups in total. The molecule has 1 atom stereocenters. The maximum atomic E-state index is 12.4. The molecule has 1 aromatic rings. The van der Waals surface area contributed by atoms with Crippen molar-refractivity contribution in [3.63, 3.8) is 0 Å². The number of carbonyl (C=O) groups is 1. The third-order valence-corrected chi connectivity index (χ3v) is 4.23. The van der Waals surface area contributed by atoms with Crippen LogP contribution in [0.25, 0.3) is 0 Å². The number of fused-ring (bicyclic) bond motifs is 1. The molecule has 0 aliphatic carbocycles. The average Bonchev–Trinajstić information content (AvgIpc) is 3.05. The number of hydrogen-bond donors (Lipinski definition) is 1. The molecule has 19 heavy (non-hydrogen) atoms. The van der Waals surface area contributed by atoms with Gasteiger partial charge in [-0.3, -0.25) is 4.79 Å². The summed E-state index contributed by atoms with van der Waals surface area (Å²) in [4.78, 5) is 14.4. The van der Waals surface area contributed by atoms with Crippen LogP contribution in [-0.4, -0.2) is 23.9 Å². The molecule has 0 bridgehead atoms. The molecule has 1 fully saturated rings. The van der Waals surface area contributed by atoms with Crippen LogP contribution in [-0.2, 0) is 13.1 Å². The van der Waals surface area contributed by atoms with E-state index in [-0.39, 0.29) is 18.3 Å². The fraction of sp³-hybridized carbons (Fsp3) is 0.533. The number of benzene rings is 1. The van der Waals surface area contributed by atoms with E-state index < -0.39 is 0 Å². The smallest absolute Gasteiger partial charge is 0.253 e. The van der Waals surface area contributed by atoms with Gasteiger partial charge in [-0.15, -0.1) is 12.4 Å². The molecule has 0 radical (unpaired) electrons. The summed E-state index contributed by atoms with van der Waals surface area (Å²) in [5.74, 6) is 0.908. The van der Waals surface area contributed by atoms with Gasteiger partial charge in [0.05, 0.1) is 0 Å². The standard InChI is InChI=1S/C15H20N2O.ClH/c1-2-11-5-6-17(10-11)15(18)12-3-4-13-8-16-9-14(13)7-12;/h3-4,7,11,16H,2,5-6,8-10H2,1H3;1H. The third-order valence-electron chi connectivity index (χ3n) is 4.23. The molecular formula is C15H21ClN2O. The Balaban J connectivity index is 0.00000133. The number of rotatable bonds is 2. The van der Waals surface area contributed by atoms with Gasteiger partial charge in [0.15, 0.2) is 0 Å². The normalized spacial score (nSPS) is 21.1. The second kappa shape index (κ2) is 5.93. The lowest BCUT2D eigenvalue weighted by atomic mass is 10.1. The monoisotopic (exact) mass is 280 g/mol. The molecule has 3 nitrogen and oxygen atoms in total. The summed E-state index contributed by atoms with van der Waals surface area (Å²) < 4.78 is 0. The van der Waals surface area contributed by atoms with Crippen molar-refractivity contribution in [1.82, 2.24) is 10.2 Å². The Labute approximate surface area is 120 Å². The lowest BCUT2D eigenvalue weighted by Gasteiger charge is -2.16. The molecule has 1 amide bonds. The van der Waals surface area contributed by atoms with Crippen molar-refractivity contribution in [3.05, 3.63) is 34.9 Å². The zero-order chi connectivity index (χ0) is 12.5. The van der Waals surface area contributed by atoms with Crippen molar-refractivity contribution < 1.29 is 4.79 Å². The van der Waals surface area contributed by atoms with Gasteiger partial charge in [0, 0.05) is 31.7 Å². The fourth-order valence-electron chi connectivity index (χ4n) is 2.96. The van der Waals surface area contributed by atoms with Crippen LogP contribution in [0.2, 0.25) is 0 Å². The van der Waals surface area contributed by atoms with Crippen molar-refractivity contribution in [3.8, 4) is 0 Å². The van der Waals surface area contributed by atoms with Crippen LogP contribution in [0.1, 0.15) is 41.3 Å². The molecule has 2 aliphatic rings. The Morgan fingerprint density at radius 2 is 2.16 bits per heavy atom. The second-order valence-corrected chi connectivity index (χ2v) is 5.40. The first-order chi connectivity index (χ1) is 8.78. The fourth-order valence-corrected chi connectivity index (χ4v) is 2.96. The van der Waals surface area contributed by atoms with Crippen LogP contribution in [0.15, 0.2) is 18.2 Å². The highest BCUT2D eigenvalue weighted by atomic mass is 35.5. The number of carbonyl (C=O) groups excluding carboxylic acids is 1. The van der Waals surface area contributed by atoms with Gasteiger partial charge in [-0.25, -0.2) is 0 Å². The van der Waals surface area contributed by atoms with Gasteiger partial charge in [0.25, 0.3) is 5.91 Å². The summed E-state index contributed by atoms with van der Waals surface area (Å²) in [7, 11) is 0. The predicted molar refractivity (Wildman–Crippen MR) is 78.5 cm³/mol. The topological polar surface area (TPSA) is 32.3 Å². The predicted octanol–water partition coefficient (Wildman–Crippen LogP) is 2.58. The minimum absolute atomic E-state index is 0. The average molecular weight is 281 g/mol. The molecule has 0 spiro atoms. The molecule has 1 saturated heterocycles. The first kappa shape index (κ1) is 14.4. The Morgan fingerprint density at radius 3 is 2.89 bits per heavy atom. The number of nitrogens with one attached hydrogen (secondary N) is 1. The second-order valence-electron chi connectivity index (χ2n) is 5.40. The van der Waals surface area contributed by atoms with E-state index in [1.165, 1.54) is 17.5 Å². The minimum Gasteiger partial charge on any atom is -0.338 e. The molecule has 2 aliphatic heterocycles. The Kier molecular flexibility index (Phi) is 4.48. The SMILES string of the molecule is CCC1CCN(C(=O)c2ccc3c(c2)CNC3)C1.Cl. The van der Waals surface area contributed by atoms with Gasteiger partial charge in [-0.2, -0.15) is 0 Å². The molecule has 104 valence electrons. The van der Waals surface area contributed by atoms with E-state index in [0.29, 0.717) is 5.92 Å². The van der Waals surface area contributed by atoms with Crippen molar-refractivity contribution in [1.29, 1.82) is 0 Å². The van der Waals surface area contributed by atoms with Gasteiger partial charge >= 0.3 is 0 Å². The first-order valence-electron chi connectivity index (χ1n) is 6.89. The number of amides is 1. The van der Waals surface area contributed by atoms with E-state index in [0.717, 1.165) is 38.2 Å². The first-order valence-corrected chi connectivity index (χ1v) is 6.89. The molecule has 1 unspecified atom stereocenters. The van der Waals surface area contributed by atoms with Crippen molar-refractivity contribution >= 4 is 18.3 Å². The lowest BCUT2D eigenvalue weighted by Crippen LogP contribution is -2.28. The van der Waals surface area contributed by atoms with E-state index in [9.17, 15) is 4.79 Å². The van der Waals surface area contributed by atoms with E-state index in [1.807, 2.05) is 11.0 Å². The van der Waals surface area contributed by atoms with Crippen LogP contribution >= 0.6 is 12.4 Å². The summed E-state index contributed by atoms with van der Waals surface area (Å²) in [6.07, 6.45) is 2.34. The molecule has 2 heterocycles. The molecular weight excluding hydrogens is 260 g/mol. The minimum atomic E-state index is 0. The number of halogens is 1. The van der Waals surface area contributed by atoms with Crippen molar-refractivity contribution in [2.75, 3.05) is 13.1 Å². The molecule has 0 saturated carbocycles. The molecule has 1 aromatic carbocycles. The Hall–Kier alpha value is -1.06. The van der Waals surface area contributed by atoms with Crippen LogP contribution < -0.4 is 5.32 Å². The number of hydrogen-bond acceptors (Lipinski definition) is 2. The maximum absolute atomic E-state index is 12.4. The van der Waals surface area contributed by atoms with E-state index in [4.69, 9.17) is 0 Å². The molecule has 0 aromatic heterocycles. The van der Waals surface area contributed by atoms with Gasteiger partial charge in [-0.05, 0) is 35.6 Å². The zero-order valence-corrected chi connectivity index (χ0v) is 12.1. The van der Waals surface area contributed by atoms with Crippen molar-refractivity contribution in [2.24, 2.45) is 5.92 Å². The zero-order valence-electron chi connectivity index (χ0n) is 11.3. The quantitative estimate of drug-likeness (QED) is 0.903. The van der Waals surface area contributed by atoms with Gasteiger partial charge in [-0.1, -0.05) is 19.4 Å². The number of likely N-dealkylation sites (tertiary alicyclic amines) is 1. The van der Waals surface area contributed by atoms with Gasteiger partial charge in [0.1, 0.15) is 0 Å². The van der Waals surface area contributed by atoms with Crippen LogP contribution in [0, 0.1) is 5.92 Å². The Bertz CT molecular complexity index is 475. The van der Waals surface area contributed by atoms with Crippen LogP contribution in [0.4, 0.5) is 0 Å². The van der Waals surface area contributed by atoms with E-state index >= 15 is 0 Å². The van der Waals surface area contributed by atoms with Crippen LogP contribution in [0.3, 0.4) is 0 Å². The third kappa shape index (κ3) is 2.77. The lowest BCUT2D eigenvalue weighted by molar-refractivity contribution is 0.0787. The summed E-state index contributed by atoms with van der Waals surface area (Å²) in [6.45, 7) is 5.90. The summed E-state index contributed by atoms with van der Waals surface area (Å²) in [5, 5.41) is 3.31. The molecule has 4 heteroatoms. The highest BCUT2D eigenvalue weighted by Crippen LogP contribution is 2.23. The van der Waals surface area contributed by atoms with Crippen LogP contribution in [0.5, 0.6) is 0 Å². The highest BCUT2D eigenvalue weighted by Gasteiger charge is 2.26.